The predicted octanol–water partition coefficient (Wildman–Crippen LogP) is 2.92. The lowest BCUT2D eigenvalue weighted by Crippen LogP contribution is -2.31. The first-order valence-corrected chi connectivity index (χ1v) is 7.45. The molecule has 2 aliphatic rings. The summed E-state index contributed by atoms with van der Waals surface area (Å²) < 4.78 is 14.9. The van der Waals surface area contributed by atoms with E-state index in [4.69, 9.17) is 0 Å². The average molecular weight is 308 g/mol. The fraction of sp³-hybridized carbons (Fsp3) is 0.235. The molecule has 0 bridgehead atoms. The van der Waals surface area contributed by atoms with Crippen molar-refractivity contribution < 1.29 is 9.18 Å². The molecule has 0 spiro atoms. The first-order valence-electron chi connectivity index (χ1n) is 7.45. The zero-order valence-electron chi connectivity index (χ0n) is 12.2. The minimum absolute atomic E-state index is 0.0766. The maximum absolute atomic E-state index is 13.3. The van der Waals surface area contributed by atoms with Gasteiger partial charge in [0.05, 0.1) is 6.20 Å². The lowest BCUT2D eigenvalue weighted by molar-refractivity contribution is -0.116. The largest absolute Gasteiger partial charge is 0.342 e. The van der Waals surface area contributed by atoms with Crippen molar-refractivity contribution in [3.8, 4) is 6.07 Å². The van der Waals surface area contributed by atoms with Crippen molar-refractivity contribution in [3.05, 3.63) is 58.7 Å². The van der Waals surface area contributed by atoms with Crippen LogP contribution in [0.15, 0.2) is 41.7 Å². The molecule has 114 valence electrons. The molecule has 2 aromatic rings. The van der Waals surface area contributed by atoms with Crippen LogP contribution >= 0.6 is 0 Å². The monoisotopic (exact) mass is 308 g/mol. The molecule has 2 heterocycles. The normalized spacial score (nSPS) is 19.7. The van der Waals surface area contributed by atoms with Gasteiger partial charge in [0.1, 0.15) is 29.3 Å². The summed E-state index contributed by atoms with van der Waals surface area (Å²) >= 11 is 0. The molecular weight excluding hydrogens is 295 g/mol. The molecule has 1 atom stereocenters. The molecule has 6 heteroatoms. The van der Waals surface area contributed by atoms with E-state index in [1.54, 1.807) is 16.8 Å². The molecule has 1 aliphatic heterocycles. The van der Waals surface area contributed by atoms with Gasteiger partial charge in [0.25, 0.3) is 0 Å². The van der Waals surface area contributed by atoms with Crippen LogP contribution in [0, 0.1) is 17.1 Å². The van der Waals surface area contributed by atoms with Crippen LogP contribution in [0.2, 0.25) is 0 Å². The number of benzene rings is 1. The third kappa shape index (κ3) is 2.05. The fourth-order valence-electron chi connectivity index (χ4n) is 3.29. The van der Waals surface area contributed by atoms with E-state index >= 15 is 0 Å². The summed E-state index contributed by atoms with van der Waals surface area (Å²) in [5, 5.41) is 16.7. The topological polar surface area (TPSA) is 70.7 Å². The Balaban J connectivity index is 1.94. The molecule has 1 unspecified atom stereocenters. The van der Waals surface area contributed by atoms with Crippen molar-refractivity contribution >= 4 is 11.6 Å². The number of hydrogen-bond donors (Lipinski definition) is 1. The number of ketones is 1. The number of halogens is 1. The highest BCUT2D eigenvalue weighted by molar-refractivity contribution is 5.99. The van der Waals surface area contributed by atoms with E-state index in [2.05, 4.69) is 16.5 Å². The summed E-state index contributed by atoms with van der Waals surface area (Å²) in [6.07, 6.45) is 3.54. The van der Waals surface area contributed by atoms with Crippen LogP contribution in [-0.2, 0) is 4.79 Å². The van der Waals surface area contributed by atoms with E-state index in [-0.39, 0.29) is 11.6 Å². The third-order valence-corrected chi connectivity index (χ3v) is 4.35. The molecule has 0 saturated carbocycles. The summed E-state index contributed by atoms with van der Waals surface area (Å²) in [5.74, 6) is 0.341. The summed E-state index contributed by atoms with van der Waals surface area (Å²) in [7, 11) is 0. The van der Waals surface area contributed by atoms with Gasteiger partial charge in [-0.3, -0.25) is 4.79 Å². The third-order valence-electron chi connectivity index (χ3n) is 4.35. The number of nitriles is 1. The highest BCUT2D eigenvalue weighted by Crippen LogP contribution is 2.41. The number of anilines is 1. The van der Waals surface area contributed by atoms with Crippen LogP contribution < -0.4 is 5.32 Å². The van der Waals surface area contributed by atoms with Crippen LogP contribution in [0.1, 0.15) is 36.4 Å². The minimum atomic E-state index is -0.420. The Kier molecular flexibility index (Phi) is 3.01. The number of rotatable bonds is 1. The number of Topliss-reactive ketones (excluding diaryl/α,β-unsaturated/α-hetero) is 1. The quantitative estimate of drug-likeness (QED) is 0.879. The maximum atomic E-state index is 13.3. The number of carbonyl (C=O) groups is 1. The zero-order valence-corrected chi connectivity index (χ0v) is 12.2. The first-order chi connectivity index (χ1) is 11.2. The Morgan fingerprint density at radius 1 is 1.30 bits per heavy atom. The molecule has 1 N–H and O–H groups in total. The first kappa shape index (κ1) is 13.7. The summed E-state index contributed by atoms with van der Waals surface area (Å²) in [4.78, 5) is 12.5. The number of hydrogen-bond acceptors (Lipinski definition) is 4. The molecular formula is C17H13FN4O. The molecule has 4 rings (SSSR count). The molecule has 0 fully saturated rings. The molecule has 23 heavy (non-hydrogen) atoms. The van der Waals surface area contributed by atoms with Crippen molar-refractivity contribution in [2.24, 2.45) is 0 Å². The van der Waals surface area contributed by atoms with Crippen molar-refractivity contribution in [2.45, 2.75) is 25.3 Å². The number of fused-ring (bicyclic) bond motifs is 1. The van der Waals surface area contributed by atoms with Crippen molar-refractivity contribution in [3.63, 3.8) is 0 Å². The van der Waals surface area contributed by atoms with Crippen molar-refractivity contribution in [1.29, 1.82) is 5.26 Å². The summed E-state index contributed by atoms with van der Waals surface area (Å²) in [6.45, 7) is 0. The van der Waals surface area contributed by atoms with Gasteiger partial charge in [-0.05, 0) is 30.5 Å². The molecule has 0 saturated heterocycles. The zero-order chi connectivity index (χ0) is 16.0. The Bertz CT molecular complexity index is 873. The number of aromatic nitrogens is 2. The van der Waals surface area contributed by atoms with Gasteiger partial charge in [-0.25, -0.2) is 9.07 Å². The Morgan fingerprint density at radius 2 is 2.09 bits per heavy atom. The van der Waals surface area contributed by atoms with Crippen LogP contribution in [0.5, 0.6) is 0 Å². The second-order valence-corrected chi connectivity index (χ2v) is 5.71. The van der Waals surface area contributed by atoms with E-state index in [1.165, 1.54) is 18.3 Å². The summed E-state index contributed by atoms with van der Waals surface area (Å²) in [5.41, 5.74) is 2.73. The minimum Gasteiger partial charge on any atom is -0.342 e. The predicted molar refractivity (Wildman–Crippen MR) is 81.0 cm³/mol. The molecule has 1 aromatic heterocycles. The van der Waals surface area contributed by atoms with Crippen LogP contribution in [0.3, 0.4) is 0 Å². The van der Waals surface area contributed by atoms with E-state index in [9.17, 15) is 14.4 Å². The number of carbonyl (C=O) groups excluding carboxylic acids is 1. The Labute approximate surface area is 132 Å². The maximum Gasteiger partial charge on any atom is 0.163 e. The van der Waals surface area contributed by atoms with Gasteiger partial charge < -0.3 is 5.32 Å². The smallest absolute Gasteiger partial charge is 0.163 e. The lowest BCUT2D eigenvalue weighted by atomic mass is 9.85. The van der Waals surface area contributed by atoms with Gasteiger partial charge >= 0.3 is 0 Å². The van der Waals surface area contributed by atoms with Gasteiger partial charge in [0, 0.05) is 17.7 Å². The summed E-state index contributed by atoms with van der Waals surface area (Å²) in [6, 6.07) is 7.76. The lowest BCUT2D eigenvalue weighted by Gasteiger charge is -2.33. The van der Waals surface area contributed by atoms with Gasteiger partial charge in [-0.15, -0.1) is 0 Å². The number of nitrogens with one attached hydrogen (secondary N) is 1. The van der Waals surface area contributed by atoms with E-state index in [0.29, 0.717) is 23.4 Å². The molecule has 0 amide bonds. The SMILES string of the molecule is N#Cc1cnn2c1NC1=C(C(=O)CCC1)C2c1ccc(F)cc1. The molecule has 1 aliphatic carbocycles. The second kappa shape index (κ2) is 5.06. The van der Waals surface area contributed by atoms with Gasteiger partial charge in [-0.2, -0.15) is 10.4 Å². The van der Waals surface area contributed by atoms with E-state index in [1.807, 2.05) is 0 Å². The highest BCUT2D eigenvalue weighted by atomic mass is 19.1. The van der Waals surface area contributed by atoms with Crippen LogP contribution in [0.25, 0.3) is 0 Å². The van der Waals surface area contributed by atoms with E-state index in [0.717, 1.165) is 24.1 Å². The van der Waals surface area contributed by atoms with Crippen molar-refractivity contribution in [2.75, 3.05) is 5.32 Å². The average Bonchev–Trinajstić information content (AvgIpc) is 2.97. The second-order valence-electron chi connectivity index (χ2n) is 5.71. The Morgan fingerprint density at radius 3 is 2.83 bits per heavy atom. The molecule has 0 radical (unpaired) electrons. The molecule has 5 nitrogen and oxygen atoms in total. The Hall–Kier alpha value is -2.94. The number of nitrogens with zero attached hydrogens (tertiary/aromatic N) is 3. The van der Waals surface area contributed by atoms with Crippen LogP contribution in [0.4, 0.5) is 10.2 Å². The van der Waals surface area contributed by atoms with Crippen LogP contribution in [-0.4, -0.2) is 15.6 Å². The molecule has 1 aromatic carbocycles. The van der Waals surface area contributed by atoms with Crippen molar-refractivity contribution in [1.82, 2.24) is 9.78 Å². The van der Waals surface area contributed by atoms with Gasteiger partial charge in [-0.1, -0.05) is 12.1 Å². The van der Waals surface area contributed by atoms with E-state index < -0.39 is 6.04 Å². The number of allylic oxidation sites excluding steroid dienone is 2. The highest BCUT2D eigenvalue weighted by Gasteiger charge is 2.36. The fourth-order valence-corrected chi connectivity index (χ4v) is 3.29. The standard InChI is InChI=1S/C17H13FN4O/c18-12-6-4-10(5-7-12)16-15-13(2-1-3-14(15)23)21-17-11(8-19)9-20-22(16)17/h4-7,9,16,21H,1-3H2. The van der Waals surface area contributed by atoms with Gasteiger partial charge in [0.15, 0.2) is 5.78 Å². The van der Waals surface area contributed by atoms with Gasteiger partial charge in [0.2, 0.25) is 0 Å².